The molecule has 1 rings (SSSR count). The first-order valence-electron chi connectivity index (χ1n) is 7.54. The van der Waals surface area contributed by atoms with E-state index in [1.165, 1.54) is 0 Å². The van der Waals surface area contributed by atoms with Crippen molar-refractivity contribution in [3.63, 3.8) is 0 Å². The maximum atomic E-state index is 12.1. The molecule has 118 valence electrons. The highest BCUT2D eigenvalue weighted by Crippen LogP contribution is 2.24. The second-order valence-electron chi connectivity index (χ2n) is 5.16. The predicted molar refractivity (Wildman–Crippen MR) is 91.3 cm³/mol. The van der Waals surface area contributed by atoms with Crippen LogP contribution in [-0.4, -0.2) is 30.4 Å². The summed E-state index contributed by atoms with van der Waals surface area (Å²) in [6.07, 6.45) is 4.50. The van der Waals surface area contributed by atoms with E-state index in [0.29, 0.717) is 22.3 Å². The zero-order valence-corrected chi connectivity index (χ0v) is 14.3. The van der Waals surface area contributed by atoms with Crippen LogP contribution in [0.1, 0.15) is 39.5 Å². The Bertz CT molecular complexity index is 444. The van der Waals surface area contributed by atoms with Gasteiger partial charge in [-0.1, -0.05) is 49.9 Å². The van der Waals surface area contributed by atoms with Crippen LogP contribution in [0.15, 0.2) is 18.2 Å². The molecular formula is C16H24Cl2N2O. The van der Waals surface area contributed by atoms with E-state index in [9.17, 15) is 4.79 Å². The molecule has 0 aromatic heterocycles. The minimum absolute atomic E-state index is 0.0133. The number of nitrogens with zero attached hydrogens (tertiary/aromatic N) is 1. The summed E-state index contributed by atoms with van der Waals surface area (Å²) in [5.41, 5.74) is 0.681. The third-order valence-electron chi connectivity index (χ3n) is 3.23. The smallest absolute Gasteiger partial charge is 0.238 e. The molecule has 0 saturated carbocycles. The quantitative estimate of drug-likeness (QED) is 0.703. The highest BCUT2D eigenvalue weighted by molar-refractivity contribution is 6.42. The number of hydrogen-bond acceptors (Lipinski definition) is 2. The maximum absolute atomic E-state index is 12.1. The number of hydrogen-bond donors (Lipinski definition) is 1. The van der Waals surface area contributed by atoms with Crippen LogP contribution >= 0.6 is 23.2 Å². The second-order valence-corrected chi connectivity index (χ2v) is 5.97. The van der Waals surface area contributed by atoms with Gasteiger partial charge in [0.15, 0.2) is 0 Å². The topological polar surface area (TPSA) is 32.3 Å². The molecule has 0 radical (unpaired) electrons. The van der Waals surface area contributed by atoms with Crippen LogP contribution in [0.3, 0.4) is 0 Å². The summed E-state index contributed by atoms with van der Waals surface area (Å²) >= 11 is 11.8. The number of unbranched alkanes of at least 4 members (excludes halogenated alkanes) is 2. The summed E-state index contributed by atoms with van der Waals surface area (Å²) in [5.74, 6) is -0.0133. The average Bonchev–Trinajstić information content (AvgIpc) is 2.45. The Balaban J connectivity index is 2.53. The first-order valence-corrected chi connectivity index (χ1v) is 8.29. The summed E-state index contributed by atoms with van der Waals surface area (Å²) in [5, 5.41) is 3.81. The van der Waals surface area contributed by atoms with Gasteiger partial charge >= 0.3 is 0 Å². The van der Waals surface area contributed by atoms with Crippen LogP contribution in [0, 0.1) is 0 Å². The molecule has 0 aliphatic rings. The molecule has 0 atom stereocenters. The highest BCUT2D eigenvalue weighted by Gasteiger charge is 2.10. The van der Waals surface area contributed by atoms with Crippen molar-refractivity contribution in [2.24, 2.45) is 0 Å². The third-order valence-corrected chi connectivity index (χ3v) is 3.97. The van der Waals surface area contributed by atoms with Gasteiger partial charge in [-0.2, -0.15) is 0 Å². The molecule has 0 aliphatic heterocycles. The van der Waals surface area contributed by atoms with Crippen LogP contribution in [0.4, 0.5) is 5.69 Å². The number of carbonyl (C=O) groups excluding carboxylic acids is 1. The van der Waals surface area contributed by atoms with E-state index >= 15 is 0 Å². The van der Waals surface area contributed by atoms with E-state index in [4.69, 9.17) is 23.2 Å². The minimum Gasteiger partial charge on any atom is -0.325 e. The Kier molecular flexibility index (Phi) is 8.74. The number of amides is 1. The fourth-order valence-electron chi connectivity index (χ4n) is 2.01. The van der Waals surface area contributed by atoms with Crippen molar-refractivity contribution in [2.45, 2.75) is 39.5 Å². The standard InChI is InChI=1S/C16H24Cl2N2O/c1-3-5-9-20(10-6-4-2)12-16(21)19-13-7-8-14(17)15(18)11-13/h7-8,11H,3-6,9-10,12H2,1-2H3,(H,19,21). The highest BCUT2D eigenvalue weighted by atomic mass is 35.5. The van der Waals surface area contributed by atoms with Gasteiger partial charge in [-0.15, -0.1) is 0 Å². The summed E-state index contributed by atoms with van der Waals surface area (Å²) in [4.78, 5) is 14.3. The average molecular weight is 331 g/mol. The Hall–Kier alpha value is -0.770. The maximum Gasteiger partial charge on any atom is 0.238 e. The third kappa shape index (κ3) is 7.16. The van der Waals surface area contributed by atoms with Gasteiger partial charge in [-0.05, 0) is 44.1 Å². The lowest BCUT2D eigenvalue weighted by Gasteiger charge is -2.21. The van der Waals surface area contributed by atoms with Gasteiger partial charge in [-0.3, -0.25) is 9.69 Å². The first kappa shape index (κ1) is 18.3. The summed E-state index contributed by atoms with van der Waals surface area (Å²) in [6.45, 7) is 6.67. The Morgan fingerprint density at radius 3 is 2.24 bits per heavy atom. The van der Waals surface area contributed by atoms with Gasteiger partial charge in [0.2, 0.25) is 5.91 Å². The molecular weight excluding hydrogens is 307 g/mol. The van der Waals surface area contributed by atoms with E-state index in [1.807, 2.05) is 0 Å². The van der Waals surface area contributed by atoms with Gasteiger partial charge < -0.3 is 5.32 Å². The van der Waals surface area contributed by atoms with Gasteiger partial charge in [0.05, 0.1) is 16.6 Å². The lowest BCUT2D eigenvalue weighted by molar-refractivity contribution is -0.117. The number of benzene rings is 1. The van der Waals surface area contributed by atoms with Crippen LogP contribution in [-0.2, 0) is 4.79 Å². The predicted octanol–water partition coefficient (Wildman–Crippen LogP) is 4.83. The number of nitrogens with one attached hydrogen (secondary N) is 1. The van der Waals surface area contributed by atoms with Crippen molar-refractivity contribution in [1.82, 2.24) is 4.90 Å². The van der Waals surface area contributed by atoms with Crippen molar-refractivity contribution >= 4 is 34.8 Å². The van der Waals surface area contributed by atoms with Gasteiger partial charge in [0, 0.05) is 5.69 Å². The molecule has 0 fully saturated rings. The number of rotatable bonds is 9. The summed E-state index contributed by atoms with van der Waals surface area (Å²) in [6, 6.07) is 5.12. The first-order chi connectivity index (χ1) is 10.1. The fourth-order valence-corrected chi connectivity index (χ4v) is 2.31. The van der Waals surface area contributed by atoms with E-state index in [2.05, 4.69) is 24.1 Å². The molecule has 5 heteroatoms. The zero-order valence-electron chi connectivity index (χ0n) is 12.8. The van der Waals surface area contributed by atoms with E-state index in [0.717, 1.165) is 38.8 Å². The molecule has 0 heterocycles. The fraction of sp³-hybridized carbons (Fsp3) is 0.562. The van der Waals surface area contributed by atoms with E-state index in [1.54, 1.807) is 18.2 Å². The van der Waals surface area contributed by atoms with E-state index in [-0.39, 0.29) is 5.91 Å². The van der Waals surface area contributed by atoms with Crippen molar-refractivity contribution in [2.75, 3.05) is 25.0 Å². The molecule has 0 aliphatic carbocycles. The lowest BCUT2D eigenvalue weighted by atomic mass is 10.2. The molecule has 0 unspecified atom stereocenters. The molecule has 1 N–H and O–H groups in total. The Morgan fingerprint density at radius 2 is 1.71 bits per heavy atom. The molecule has 1 aromatic carbocycles. The molecule has 3 nitrogen and oxygen atoms in total. The number of carbonyl (C=O) groups is 1. The van der Waals surface area contributed by atoms with Crippen molar-refractivity contribution in [3.8, 4) is 0 Å². The van der Waals surface area contributed by atoms with E-state index < -0.39 is 0 Å². The largest absolute Gasteiger partial charge is 0.325 e. The summed E-state index contributed by atoms with van der Waals surface area (Å²) in [7, 11) is 0. The number of anilines is 1. The zero-order chi connectivity index (χ0) is 15.7. The van der Waals surface area contributed by atoms with Gasteiger partial charge in [0.1, 0.15) is 0 Å². The molecule has 0 spiro atoms. The van der Waals surface area contributed by atoms with Crippen molar-refractivity contribution in [1.29, 1.82) is 0 Å². The van der Waals surface area contributed by atoms with Crippen molar-refractivity contribution < 1.29 is 4.79 Å². The molecule has 1 aromatic rings. The second kappa shape index (κ2) is 10.0. The molecule has 1 amide bonds. The van der Waals surface area contributed by atoms with Crippen LogP contribution in [0.5, 0.6) is 0 Å². The Morgan fingerprint density at radius 1 is 1.10 bits per heavy atom. The molecule has 0 saturated heterocycles. The SMILES string of the molecule is CCCCN(CCCC)CC(=O)Nc1ccc(Cl)c(Cl)c1. The number of halogens is 2. The van der Waals surface area contributed by atoms with Crippen molar-refractivity contribution in [3.05, 3.63) is 28.2 Å². The Labute approximate surface area is 137 Å². The summed E-state index contributed by atoms with van der Waals surface area (Å²) < 4.78 is 0. The van der Waals surface area contributed by atoms with Gasteiger partial charge in [-0.25, -0.2) is 0 Å². The molecule has 21 heavy (non-hydrogen) atoms. The molecule has 0 bridgehead atoms. The minimum atomic E-state index is -0.0133. The van der Waals surface area contributed by atoms with Crippen LogP contribution in [0.2, 0.25) is 10.0 Å². The monoisotopic (exact) mass is 330 g/mol. The van der Waals surface area contributed by atoms with Gasteiger partial charge in [0.25, 0.3) is 0 Å². The van der Waals surface area contributed by atoms with Crippen LogP contribution < -0.4 is 5.32 Å². The van der Waals surface area contributed by atoms with Crippen LogP contribution in [0.25, 0.3) is 0 Å². The lowest BCUT2D eigenvalue weighted by Crippen LogP contribution is -2.34. The normalized spacial score (nSPS) is 10.9.